The molecule has 4 heterocycles. The number of nitrogens with zero attached hydrogens (tertiary/aromatic N) is 4. The summed E-state index contributed by atoms with van der Waals surface area (Å²) in [6, 6.07) is 1.98. The first-order valence-corrected chi connectivity index (χ1v) is 10.6. The summed E-state index contributed by atoms with van der Waals surface area (Å²) in [7, 11) is 0. The second-order valence-electron chi connectivity index (χ2n) is 7.76. The number of rotatable bonds is 4. The summed E-state index contributed by atoms with van der Waals surface area (Å²) >= 11 is 1.59. The first-order valence-electron chi connectivity index (χ1n) is 9.75. The Bertz CT molecular complexity index is 874. The van der Waals surface area contributed by atoms with Crippen LogP contribution in [0.2, 0.25) is 0 Å². The molecular weight excluding hydrogens is 362 g/mol. The van der Waals surface area contributed by atoms with Gasteiger partial charge < -0.3 is 15.1 Å². The molecule has 8 heteroatoms. The van der Waals surface area contributed by atoms with Gasteiger partial charge in [0.05, 0.1) is 11.4 Å². The van der Waals surface area contributed by atoms with Crippen molar-refractivity contribution in [3.63, 3.8) is 0 Å². The first kappa shape index (κ1) is 16.9. The van der Waals surface area contributed by atoms with Crippen molar-refractivity contribution >= 4 is 39.2 Å². The Balaban J connectivity index is 1.24. The molecule has 1 aliphatic carbocycles. The minimum Gasteiger partial charge on any atom is -0.350 e. The van der Waals surface area contributed by atoms with Crippen LogP contribution in [0.3, 0.4) is 0 Å². The Kier molecular flexibility index (Phi) is 4.22. The number of anilines is 1. The van der Waals surface area contributed by atoms with E-state index in [2.05, 4.69) is 20.2 Å². The van der Waals surface area contributed by atoms with Crippen LogP contribution >= 0.6 is 11.3 Å². The molecule has 0 bridgehead atoms. The lowest BCUT2D eigenvalue weighted by atomic mass is 9.84. The van der Waals surface area contributed by atoms with E-state index in [0.29, 0.717) is 13.1 Å². The number of fused-ring (bicyclic) bond motifs is 1. The number of hydrogen-bond acceptors (Lipinski definition) is 6. The summed E-state index contributed by atoms with van der Waals surface area (Å²) in [6.07, 6.45) is 6.60. The molecule has 142 valence electrons. The van der Waals surface area contributed by atoms with Crippen molar-refractivity contribution in [3.05, 3.63) is 17.8 Å². The van der Waals surface area contributed by atoms with E-state index in [0.717, 1.165) is 54.7 Å². The average Bonchev–Trinajstić information content (AvgIpc) is 3.23. The van der Waals surface area contributed by atoms with Crippen LogP contribution in [0.4, 0.5) is 5.82 Å². The van der Waals surface area contributed by atoms with Crippen molar-refractivity contribution in [3.8, 4) is 0 Å². The minimum atomic E-state index is -0.161. The fourth-order valence-corrected chi connectivity index (χ4v) is 4.96. The van der Waals surface area contributed by atoms with Crippen LogP contribution in [0.15, 0.2) is 17.8 Å². The zero-order valence-electron chi connectivity index (χ0n) is 15.1. The van der Waals surface area contributed by atoms with Gasteiger partial charge in [0.15, 0.2) is 0 Å². The monoisotopic (exact) mass is 385 g/mol. The van der Waals surface area contributed by atoms with Gasteiger partial charge in [-0.15, -0.1) is 11.3 Å². The average molecular weight is 385 g/mol. The molecule has 7 nitrogen and oxygen atoms in total. The molecule has 0 spiro atoms. The van der Waals surface area contributed by atoms with Gasteiger partial charge in [-0.2, -0.15) is 0 Å². The second-order valence-corrected chi connectivity index (χ2v) is 8.66. The molecule has 2 saturated heterocycles. The summed E-state index contributed by atoms with van der Waals surface area (Å²) in [5, 5.41) is 6.13. The van der Waals surface area contributed by atoms with E-state index < -0.39 is 0 Å². The van der Waals surface area contributed by atoms with Gasteiger partial charge in [0.2, 0.25) is 11.8 Å². The van der Waals surface area contributed by atoms with Crippen LogP contribution in [-0.2, 0) is 9.59 Å². The third-order valence-electron chi connectivity index (χ3n) is 6.07. The van der Waals surface area contributed by atoms with Gasteiger partial charge in [-0.1, -0.05) is 6.42 Å². The number of aromatic nitrogens is 2. The quantitative estimate of drug-likeness (QED) is 0.868. The van der Waals surface area contributed by atoms with Gasteiger partial charge in [-0.25, -0.2) is 9.97 Å². The summed E-state index contributed by atoms with van der Waals surface area (Å²) in [5.74, 6) is 1.39. The summed E-state index contributed by atoms with van der Waals surface area (Å²) in [6.45, 7) is 2.09. The van der Waals surface area contributed by atoms with Gasteiger partial charge in [0.25, 0.3) is 0 Å². The van der Waals surface area contributed by atoms with Crippen molar-refractivity contribution in [2.75, 3.05) is 24.5 Å². The van der Waals surface area contributed by atoms with E-state index >= 15 is 0 Å². The van der Waals surface area contributed by atoms with Crippen molar-refractivity contribution in [2.45, 2.75) is 44.2 Å². The van der Waals surface area contributed by atoms with Crippen LogP contribution in [0, 0.1) is 5.92 Å². The molecule has 2 amide bonds. The highest BCUT2D eigenvalue weighted by atomic mass is 32.1. The molecule has 27 heavy (non-hydrogen) atoms. The van der Waals surface area contributed by atoms with Crippen molar-refractivity contribution in [1.82, 2.24) is 20.2 Å². The van der Waals surface area contributed by atoms with Crippen LogP contribution in [0.1, 0.15) is 32.1 Å². The van der Waals surface area contributed by atoms with E-state index in [1.807, 2.05) is 16.3 Å². The fraction of sp³-hybridized carbons (Fsp3) is 0.579. The molecule has 5 rings (SSSR count). The Labute approximate surface area is 161 Å². The van der Waals surface area contributed by atoms with E-state index in [1.54, 1.807) is 17.7 Å². The molecule has 1 N–H and O–H groups in total. The molecule has 2 aliphatic heterocycles. The summed E-state index contributed by atoms with van der Waals surface area (Å²) in [5.41, 5.74) is 0. The lowest BCUT2D eigenvalue weighted by molar-refractivity contribution is -0.140. The van der Waals surface area contributed by atoms with Crippen LogP contribution in [-0.4, -0.2) is 58.4 Å². The van der Waals surface area contributed by atoms with E-state index in [-0.39, 0.29) is 29.8 Å². The number of amides is 2. The Morgan fingerprint density at radius 2 is 2.00 bits per heavy atom. The number of thiophene rings is 1. The molecular formula is C19H23N5O2S. The molecule has 0 radical (unpaired) electrons. The van der Waals surface area contributed by atoms with E-state index in [1.165, 1.54) is 0 Å². The topological polar surface area (TPSA) is 78.4 Å². The smallest absolute Gasteiger partial charge is 0.245 e. The number of hydrogen-bond donors (Lipinski definition) is 1. The predicted molar refractivity (Wildman–Crippen MR) is 104 cm³/mol. The van der Waals surface area contributed by atoms with Crippen LogP contribution < -0.4 is 10.2 Å². The van der Waals surface area contributed by atoms with E-state index in [4.69, 9.17) is 0 Å². The highest BCUT2D eigenvalue weighted by molar-refractivity contribution is 7.16. The standard InChI is InChI=1S/C19H23N5O2S/c25-17(12-3-1-4-12)22-13-9-23(10-13)19(26)15-5-2-7-24(15)16-14-6-8-27-18(14)21-11-20-16/h6,8,11-13,15H,1-5,7,9-10H2,(H,22,25). The predicted octanol–water partition coefficient (Wildman–Crippen LogP) is 1.79. The third-order valence-corrected chi connectivity index (χ3v) is 6.89. The van der Waals surface area contributed by atoms with Gasteiger partial charge in [-0.05, 0) is 37.1 Å². The Morgan fingerprint density at radius 1 is 1.15 bits per heavy atom. The zero-order chi connectivity index (χ0) is 18.4. The maximum atomic E-state index is 13.0. The lowest BCUT2D eigenvalue weighted by Gasteiger charge is -2.43. The fourth-order valence-electron chi connectivity index (χ4n) is 4.23. The second kappa shape index (κ2) is 6.74. The highest BCUT2D eigenvalue weighted by Gasteiger charge is 2.41. The molecule has 3 aliphatic rings. The summed E-state index contributed by atoms with van der Waals surface area (Å²) in [4.78, 5) is 38.9. The minimum absolute atomic E-state index is 0.111. The van der Waals surface area contributed by atoms with Gasteiger partial charge in [0.1, 0.15) is 23.0 Å². The maximum absolute atomic E-state index is 13.0. The SMILES string of the molecule is O=C(NC1CN(C(=O)C2CCCN2c2ncnc3sccc23)C1)C1CCC1. The Hall–Kier alpha value is -2.22. The number of nitrogens with one attached hydrogen (secondary N) is 1. The van der Waals surface area contributed by atoms with Crippen molar-refractivity contribution in [1.29, 1.82) is 0 Å². The molecule has 0 aromatic carbocycles. The largest absolute Gasteiger partial charge is 0.350 e. The normalized spacial score (nSPS) is 23.3. The molecule has 1 atom stereocenters. The van der Waals surface area contributed by atoms with Gasteiger partial charge in [0, 0.05) is 25.6 Å². The maximum Gasteiger partial charge on any atom is 0.245 e. The number of carbonyl (C=O) groups is 2. The lowest BCUT2D eigenvalue weighted by Crippen LogP contribution is -2.64. The molecule has 2 aromatic rings. The van der Waals surface area contributed by atoms with Gasteiger partial charge >= 0.3 is 0 Å². The Morgan fingerprint density at radius 3 is 2.78 bits per heavy atom. The molecule has 2 aromatic heterocycles. The highest BCUT2D eigenvalue weighted by Crippen LogP contribution is 2.33. The molecule has 1 saturated carbocycles. The van der Waals surface area contributed by atoms with Crippen LogP contribution in [0.5, 0.6) is 0 Å². The number of likely N-dealkylation sites (tertiary alicyclic amines) is 1. The molecule has 3 fully saturated rings. The van der Waals surface area contributed by atoms with Crippen molar-refractivity contribution in [2.24, 2.45) is 5.92 Å². The van der Waals surface area contributed by atoms with E-state index in [9.17, 15) is 9.59 Å². The first-order chi connectivity index (χ1) is 13.2. The van der Waals surface area contributed by atoms with Crippen molar-refractivity contribution < 1.29 is 9.59 Å². The van der Waals surface area contributed by atoms with Gasteiger partial charge in [-0.3, -0.25) is 9.59 Å². The summed E-state index contributed by atoms with van der Waals surface area (Å²) < 4.78 is 0. The third kappa shape index (κ3) is 2.96. The number of carbonyl (C=O) groups excluding carboxylic acids is 2. The van der Waals surface area contributed by atoms with Crippen LogP contribution in [0.25, 0.3) is 10.2 Å². The molecule has 1 unspecified atom stereocenters. The zero-order valence-corrected chi connectivity index (χ0v) is 16.0.